The maximum absolute atomic E-state index is 12.0. The van der Waals surface area contributed by atoms with Crippen LogP contribution in [0.3, 0.4) is 0 Å². The van der Waals surface area contributed by atoms with Crippen LogP contribution in [0.2, 0.25) is 0 Å². The number of carbonyl (C=O) groups excluding carboxylic acids is 1. The summed E-state index contributed by atoms with van der Waals surface area (Å²) in [7, 11) is 1.60. The van der Waals surface area contributed by atoms with Crippen LogP contribution in [0, 0.1) is 5.92 Å². The molecule has 3 heteroatoms. The molecular weight excluding hydrogens is 214 g/mol. The molecule has 0 aliphatic carbocycles. The third kappa shape index (κ3) is 3.77. The Bertz CT molecular complexity index is 376. The molecule has 0 fully saturated rings. The summed E-state index contributed by atoms with van der Waals surface area (Å²) in [5.74, 6) is 1.13. The second kappa shape index (κ2) is 6.28. The summed E-state index contributed by atoms with van der Waals surface area (Å²) < 4.78 is 5.10. The summed E-state index contributed by atoms with van der Waals surface area (Å²) in [5, 5.41) is 3.00. The van der Waals surface area contributed by atoms with E-state index >= 15 is 0 Å². The van der Waals surface area contributed by atoms with Crippen LogP contribution in [0.25, 0.3) is 0 Å². The molecule has 1 amide bonds. The number of benzene rings is 1. The molecule has 2 atom stereocenters. The van der Waals surface area contributed by atoms with E-state index in [9.17, 15) is 4.79 Å². The van der Waals surface area contributed by atoms with Gasteiger partial charge in [0.1, 0.15) is 5.75 Å². The van der Waals surface area contributed by atoms with Gasteiger partial charge in [0.25, 0.3) is 5.91 Å². The second-order valence-corrected chi connectivity index (χ2v) is 4.38. The normalized spacial score (nSPS) is 13.9. The molecule has 0 aliphatic heterocycles. The first-order chi connectivity index (χ1) is 8.08. The molecule has 0 unspecified atom stereocenters. The molecule has 0 saturated heterocycles. The van der Waals surface area contributed by atoms with Crippen molar-refractivity contribution in [1.29, 1.82) is 0 Å². The Balaban J connectivity index is 2.69. The lowest BCUT2D eigenvalue weighted by molar-refractivity contribution is 0.0928. The van der Waals surface area contributed by atoms with Gasteiger partial charge in [-0.1, -0.05) is 26.3 Å². The molecular formula is C14H21NO2. The van der Waals surface area contributed by atoms with Gasteiger partial charge in [0.05, 0.1) is 7.11 Å². The van der Waals surface area contributed by atoms with E-state index in [0.717, 1.165) is 6.42 Å². The van der Waals surface area contributed by atoms with E-state index in [1.165, 1.54) is 0 Å². The summed E-state index contributed by atoms with van der Waals surface area (Å²) >= 11 is 0. The van der Waals surface area contributed by atoms with Gasteiger partial charge in [0, 0.05) is 11.6 Å². The second-order valence-electron chi connectivity index (χ2n) is 4.38. The lowest BCUT2D eigenvalue weighted by Crippen LogP contribution is -2.36. The highest BCUT2D eigenvalue weighted by Crippen LogP contribution is 2.13. The molecule has 0 aromatic heterocycles. The van der Waals surface area contributed by atoms with Crippen molar-refractivity contribution in [3.05, 3.63) is 29.8 Å². The van der Waals surface area contributed by atoms with Crippen LogP contribution in [-0.2, 0) is 0 Å². The Morgan fingerprint density at radius 3 is 2.71 bits per heavy atom. The number of nitrogens with one attached hydrogen (secondary N) is 1. The Morgan fingerprint density at radius 1 is 1.41 bits per heavy atom. The van der Waals surface area contributed by atoms with Gasteiger partial charge in [-0.3, -0.25) is 4.79 Å². The largest absolute Gasteiger partial charge is 0.497 e. The van der Waals surface area contributed by atoms with Crippen molar-refractivity contribution in [1.82, 2.24) is 5.32 Å². The third-order valence-electron chi connectivity index (χ3n) is 3.19. The van der Waals surface area contributed by atoms with Crippen molar-refractivity contribution in [3.8, 4) is 5.75 Å². The van der Waals surface area contributed by atoms with Crippen molar-refractivity contribution in [3.63, 3.8) is 0 Å². The number of hydrogen-bond donors (Lipinski definition) is 1. The van der Waals surface area contributed by atoms with Gasteiger partial charge >= 0.3 is 0 Å². The number of ether oxygens (including phenoxy) is 1. The van der Waals surface area contributed by atoms with Crippen molar-refractivity contribution < 1.29 is 9.53 Å². The zero-order valence-electron chi connectivity index (χ0n) is 11.0. The summed E-state index contributed by atoms with van der Waals surface area (Å²) in [6, 6.07) is 7.37. The standard InChI is InChI=1S/C14H21NO2/c1-5-10(2)11(3)15-14(16)12-7-6-8-13(9-12)17-4/h6-11H,5H2,1-4H3,(H,15,16)/t10-,11-/m1/s1. The van der Waals surface area contributed by atoms with E-state index in [1.807, 2.05) is 19.1 Å². The Kier molecular flexibility index (Phi) is 5.01. The fourth-order valence-electron chi connectivity index (χ4n) is 1.55. The molecule has 1 aromatic carbocycles. The number of rotatable bonds is 5. The SMILES string of the molecule is CC[C@@H](C)[C@@H](C)NC(=O)c1cccc(OC)c1. The topological polar surface area (TPSA) is 38.3 Å². The van der Waals surface area contributed by atoms with Crippen molar-refractivity contribution >= 4 is 5.91 Å². The van der Waals surface area contributed by atoms with Crippen LogP contribution in [0.5, 0.6) is 5.75 Å². The van der Waals surface area contributed by atoms with Gasteiger partial charge in [0.2, 0.25) is 0 Å². The zero-order valence-corrected chi connectivity index (χ0v) is 11.0. The smallest absolute Gasteiger partial charge is 0.251 e. The highest BCUT2D eigenvalue weighted by molar-refractivity contribution is 5.94. The van der Waals surface area contributed by atoms with E-state index in [0.29, 0.717) is 17.2 Å². The summed E-state index contributed by atoms with van der Waals surface area (Å²) in [6.07, 6.45) is 1.06. The number of hydrogen-bond acceptors (Lipinski definition) is 2. The molecule has 94 valence electrons. The minimum absolute atomic E-state index is 0.0447. The summed E-state index contributed by atoms with van der Waals surface area (Å²) in [5.41, 5.74) is 0.638. The molecule has 17 heavy (non-hydrogen) atoms. The van der Waals surface area contributed by atoms with E-state index < -0.39 is 0 Å². The molecule has 0 spiro atoms. The van der Waals surface area contributed by atoms with Gasteiger partial charge in [-0.05, 0) is 31.0 Å². The average Bonchev–Trinajstić information content (AvgIpc) is 2.37. The molecule has 1 rings (SSSR count). The first-order valence-corrected chi connectivity index (χ1v) is 6.03. The molecule has 0 aliphatic rings. The molecule has 0 saturated carbocycles. The molecule has 3 nitrogen and oxygen atoms in total. The highest BCUT2D eigenvalue weighted by atomic mass is 16.5. The maximum atomic E-state index is 12.0. The molecule has 0 radical (unpaired) electrons. The molecule has 1 aromatic rings. The zero-order chi connectivity index (χ0) is 12.8. The van der Waals surface area contributed by atoms with Gasteiger partial charge in [0.15, 0.2) is 0 Å². The lowest BCUT2D eigenvalue weighted by atomic mass is 10.0. The summed E-state index contributed by atoms with van der Waals surface area (Å²) in [4.78, 5) is 12.0. The maximum Gasteiger partial charge on any atom is 0.251 e. The van der Waals surface area contributed by atoms with Crippen LogP contribution in [0.15, 0.2) is 24.3 Å². The van der Waals surface area contributed by atoms with Crippen LogP contribution >= 0.6 is 0 Å². The number of methoxy groups -OCH3 is 1. The first kappa shape index (κ1) is 13.6. The van der Waals surface area contributed by atoms with Crippen LogP contribution in [0.1, 0.15) is 37.6 Å². The van der Waals surface area contributed by atoms with Crippen molar-refractivity contribution in [2.75, 3.05) is 7.11 Å². The number of carbonyl (C=O) groups is 1. The van der Waals surface area contributed by atoms with Gasteiger partial charge in [-0.2, -0.15) is 0 Å². The first-order valence-electron chi connectivity index (χ1n) is 6.03. The Hall–Kier alpha value is -1.51. The lowest BCUT2D eigenvalue weighted by Gasteiger charge is -2.19. The number of amides is 1. The van der Waals surface area contributed by atoms with Gasteiger partial charge in [-0.15, -0.1) is 0 Å². The monoisotopic (exact) mass is 235 g/mol. The van der Waals surface area contributed by atoms with E-state index in [1.54, 1.807) is 19.2 Å². The predicted molar refractivity (Wildman–Crippen MR) is 69.4 cm³/mol. The van der Waals surface area contributed by atoms with Crippen LogP contribution in [0.4, 0.5) is 0 Å². The highest BCUT2D eigenvalue weighted by Gasteiger charge is 2.14. The molecule has 1 N–H and O–H groups in total. The Morgan fingerprint density at radius 2 is 2.12 bits per heavy atom. The van der Waals surface area contributed by atoms with Gasteiger partial charge in [-0.25, -0.2) is 0 Å². The van der Waals surface area contributed by atoms with Crippen molar-refractivity contribution in [2.24, 2.45) is 5.92 Å². The van der Waals surface area contributed by atoms with E-state index in [-0.39, 0.29) is 11.9 Å². The van der Waals surface area contributed by atoms with E-state index in [4.69, 9.17) is 4.74 Å². The Labute approximate surface area is 103 Å². The minimum atomic E-state index is -0.0447. The predicted octanol–water partition coefficient (Wildman–Crippen LogP) is 2.86. The minimum Gasteiger partial charge on any atom is -0.497 e. The summed E-state index contributed by atoms with van der Waals surface area (Å²) in [6.45, 7) is 6.29. The average molecular weight is 235 g/mol. The fourth-order valence-corrected chi connectivity index (χ4v) is 1.55. The van der Waals surface area contributed by atoms with E-state index in [2.05, 4.69) is 19.2 Å². The van der Waals surface area contributed by atoms with Gasteiger partial charge < -0.3 is 10.1 Å². The molecule has 0 heterocycles. The van der Waals surface area contributed by atoms with Crippen molar-refractivity contribution in [2.45, 2.75) is 33.2 Å². The third-order valence-corrected chi connectivity index (χ3v) is 3.19. The molecule has 0 bridgehead atoms. The quantitative estimate of drug-likeness (QED) is 0.852. The van der Waals surface area contributed by atoms with Crippen LogP contribution in [-0.4, -0.2) is 19.1 Å². The van der Waals surface area contributed by atoms with Crippen LogP contribution < -0.4 is 10.1 Å². The fraction of sp³-hybridized carbons (Fsp3) is 0.500.